The molecule has 170 valence electrons. The van der Waals surface area contributed by atoms with Gasteiger partial charge in [-0.2, -0.15) is 0 Å². The molecule has 0 spiro atoms. The molecule has 2 fully saturated rings. The van der Waals surface area contributed by atoms with Crippen molar-refractivity contribution in [1.82, 2.24) is 15.2 Å². The number of carbonyl (C=O) groups is 2. The number of fused-ring (bicyclic) bond motifs is 2. The second kappa shape index (κ2) is 8.27. The monoisotopic (exact) mass is 482 g/mol. The third kappa shape index (κ3) is 3.66. The molecular formula is C24H23ClN4O3S. The molecule has 9 heteroatoms. The number of aryl methyl sites for hydroxylation is 1. The summed E-state index contributed by atoms with van der Waals surface area (Å²) in [4.78, 5) is 33.1. The summed E-state index contributed by atoms with van der Waals surface area (Å²) in [5.41, 5.74) is 5.64. The van der Waals surface area contributed by atoms with Crippen LogP contribution in [0.5, 0.6) is 0 Å². The van der Waals surface area contributed by atoms with Gasteiger partial charge in [0.2, 0.25) is 0 Å². The largest absolute Gasteiger partial charge is 0.439 e. The molecule has 5 heterocycles. The van der Waals surface area contributed by atoms with Crippen LogP contribution in [0.15, 0.2) is 30.5 Å². The lowest BCUT2D eigenvalue weighted by molar-refractivity contribution is -0.126. The second-order valence-electron chi connectivity index (χ2n) is 8.72. The standard InChI is InChI=1S/C24H23ClN4O3S/c25-15-8-14-2-1-7-28(16-3-5-26-11-16)22(14)19(9-15)18-4-6-27-20-10-17(33-23(18)20)12-29-21(30)13-32-24(29)31/h4,6,8-10,16,26H,1-3,5,7,11-13H2. The maximum atomic E-state index is 12.0. The van der Waals surface area contributed by atoms with Gasteiger partial charge in [-0.3, -0.25) is 9.78 Å². The van der Waals surface area contributed by atoms with Crippen molar-refractivity contribution in [2.75, 3.05) is 31.1 Å². The highest BCUT2D eigenvalue weighted by atomic mass is 35.5. The van der Waals surface area contributed by atoms with E-state index in [1.54, 1.807) is 11.3 Å². The van der Waals surface area contributed by atoms with E-state index in [0.717, 1.165) is 75.0 Å². The Morgan fingerprint density at radius 3 is 2.94 bits per heavy atom. The van der Waals surface area contributed by atoms with Crippen LogP contribution in [0, 0.1) is 0 Å². The van der Waals surface area contributed by atoms with E-state index in [1.165, 1.54) is 11.3 Å². The molecule has 2 amide bonds. The van der Waals surface area contributed by atoms with Crippen molar-refractivity contribution in [3.8, 4) is 11.1 Å². The number of anilines is 1. The summed E-state index contributed by atoms with van der Waals surface area (Å²) in [5, 5.41) is 4.24. The van der Waals surface area contributed by atoms with Crippen molar-refractivity contribution in [2.24, 2.45) is 0 Å². The van der Waals surface area contributed by atoms with Gasteiger partial charge in [-0.05, 0) is 55.6 Å². The first-order valence-corrected chi connectivity index (χ1v) is 12.4. The number of nitrogens with one attached hydrogen (secondary N) is 1. The van der Waals surface area contributed by atoms with Gasteiger partial charge in [-0.1, -0.05) is 11.6 Å². The Kier molecular flexibility index (Phi) is 5.24. The highest BCUT2D eigenvalue weighted by molar-refractivity contribution is 7.19. The Morgan fingerprint density at radius 2 is 2.15 bits per heavy atom. The summed E-state index contributed by atoms with van der Waals surface area (Å²) < 4.78 is 5.89. The van der Waals surface area contributed by atoms with Gasteiger partial charge in [-0.25, -0.2) is 9.69 Å². The molecule has 2 saturated heterocycles. The smallest absolute Gasteiger partial charge is 0.417 e. The number of thiophene rings is 1. The maximum absolute atomic E-state index is 12.0. The van der Waals surface area contributed by atoms with Crippen LogP contribution in [-0.2, 0) is 22.5 Å². The molecule has 33 heavy (non-hydrogen) atoms. The van der Waals surface area contributed by atoms with Crippen LogP contribution in [0.2, 0.25) is 5.02 Å². The molecule has 7 nitrogen and oxygen atoms in total. The average molecular weight is 483 g/mol. The van der Waals surface area contributed by atoms with Gasteiger partial charge in [0.15, 0.2) is 6.61 Å². The molecule has 0 bridgehead atoms. The van der Waals surface area contributed by atoms with Gasteiger partial charge in [0.1, 0.15) is 0 Å². The van der Waals surface area contributed by atoms with Gasteiger partial charge in [-0.15, -0.1) is 11.3 Å². The number of halogens is 1. The molecule has 1 unspecified atom stereocenters. The number of imide groups is 1. The number of benzene rings is 1. The first-order valence-electron chi connectivity index (χ1n) is 11.2. The number of cyclic esters (lactones) is 1. The molecule has 1 atom stereocenters. The number of ether oxygens (including phenoxy) is 1. The lowest BCUT2D eigenvalue weighted by Crippen LogP contribution is -2.40. The Balaban J connectivity index is 1.46. The summed E-state index contributed by atoms with van der Waals surface area (Å²) in [5.74, 6) is -0.310. The fourth-order valence-electron chi connectivity index (χ4n) is 5.18. The summed E-state index contributed by atoms with van der Waals surface area (Å²) in [6, 6.07) is 8.66. The quantitative estimate of drug-likeness (QED) is 0.600. The fraction of sp³-hybridized carbons (Fsp3) is 0.375. The van der Waals surface area contributed by atoms with Crippen LogP contribution < -0.4 is 10.2 Å². The van der Waals surface area contributed by atoms with E-state index in [1.807, 2.05) is 18.3 Å². The van der Waals surface area contributed by atoms with Crippen LogP contribution >= 0.6 is 22.9 Å². The minimum absolute atomic E-state index is 0.187. The summed E-state index contributed by atoms with van der Waals surface area (Å²) in [7, 11) is 0. The first-order chi connectivity index (χ1) is 16.1. The predicted octanol–water partition coefficient (Wildman–Crippen LogP) is 4.21. The second-order valence-corrected chi connectivity index (χ2v) is 10.3. The SMILES string of the molecule is O=C1COC(=O)N1Cc1cc2nccc(-c3cc(Cl)cc4c3N(C3CCNC3)CCC4)c2s1. The number of hydrogen-bond donors (Lipinski definition) is 1. The number of pyridine rings is 1. The van der Waals surface area contributed by atoms with Gasteiger partial charge in [0, 0.05) is 52.0 Å². The number of carbonyl (C=O) groups excluding carboxylic acids is 2. The predicted molar refractivity (Wildman–Crippen MR) is 129 cm³/mol. The molecule has 1 aromatic carbocycles. The van der Waals surface area contributed by atoms with E-state index in [-0.39, 0.29) is 19.1 Å². The number of rotatable bonds is 4. The number of aromatic nitrogens is 1. The van der Waals surface area contributed by atoms with Crippen LogP contribution in [-0.4, -0.2) is 54.2 Å². The maximum Gasteiger partial charge on any atom is 0.417 e. The highest BCUT2D eigenvalue weighted by Gasteiger charge is 2.32. The molecule has 3 aliphatic heterocycles. The van der Waals surface area contributed by atoms with Gasteiger partial charge in [0.05, 0.1) is 16.8 Å². The van der Waals surface area contributed by atoms with Crippen LogP contribution in [0.4, 0.5) is 10.5 Å². The molecule has 0 saturated carbocycles. The molecule has 0 radical (unpaired) electrons. The molecular weight excluding hydrogens is 460 g/mol. The number of nitrogens with zero attached hydrogens (tertiary/aromatic N) is 3. The molecule has 1 N–H and O–H groups in total. The van der Waals surface area contributed by atoms with Crippen molar-refractivity contribution < 1.29 is 14.3 Å². The minimum atomic E-state index is -0.588. The highest BCUT2D eigenvalue weighted by Crippen LogP contribution is 2.44. The van der Waals surface area contributed by atoms with E-state index in [4.69, 9.17) is 16.3 Å². The van der Waals surface area contributed by atoms with Crippen molar-refractivity contribution in [3.05, 3.63) is 45.9 Å². The Morgan fingerprint density at radius 1 is 1.24 bits per heavy atom. The molecule has 0 aliphatic carbocycles. The summed E-state index contributed by atoms with van der Waals surface area (Å²) in [6.45, 7) is 3.09. The van der Waals surface area contributed by atoms with E-state index in [9.17, 15) is 9.59 Å². The molecule has 6 rings (SSSR count). The van der Waals surface area contributed by atoms with E-state index in [0.29, 0.717) is 6.04 Å². The van der Waals surface area contributed by atoms with Gasteiger partial charge in [0.25, 0.3) is 5.91 Å². The molecule has 3 aromatic rings. The molecule has 2 aromatic heterocycles. The van der Waals surface area contributed by atoms with E-state index >= 15 is 0 Å². The zero-order valence-corrected chi connectivity index (χ0v) is 19.5. The Labute approximate surface area is 200 Å². The molecule has 3 aliphatic rings. The van der Waals surface area contributed by atoms with Crippen molar-refractivity contribution in [2.45, 2.75) is 31.8 Å². The summed E-state index contributed by atoms with van der Waals surface area (Å²) in [6.07, 6.45) is 4.51. The van der Waals surface area contributed by atoms with Gasteiger partial charge >= 0.3 is 6.09 Å². The number of amides is 2. The van der Waals surface area contributed by atoms with Crippen LogP contribution in [0.25, 0.3) is 21.3 Å². The summed E-state index contributed by atoms with van der Waals surface area (Å²) >= 11 is 8.16. The van der Waals surface area contributed by atoms with Crippen molar-refractivity contribution in [3.63, 3.8) is 0 Å². The van der Waals surface area contributed by atoms with E-state index in [2.05, 4.69) is 27.3 Å². The third-order valence-electron chi connectivity index (χ3n) is 6.67. The zero-order chi connectivity index (χ0) is 22.5. The normalized spacial score (nSPS) is 20.6. The van der Waals surface area contributed by atoms with Crippen molar-refractivity contribution >= 4 is 50.8 Å². The third-order valence-corrected chi connectivity index (χ3v) is 8.03. The van der Waals surface area contributed by atoms with Crippen molar-refractivity contribution in [1.29, 1.82) is 0 Å². The average Bonchev–Trinajstić information content (AvgIpc) is 3.55. The Hall–Kier alpha value is -2.68. The first kappa shape index (κ1) is 20.9. The van der Waals surface area contributed by atoms with E-state index < -0.39 is 6.09 Å². The Bertz CT molecular complexity index is 1250. The van der Waals surface area contributed by atoms with Gasteiger partial charge < -0.3 is 15.0 Å². The lowest BCUT2D eigenvalue weighted by atomic mass is 9.92. The zero-order valence-electron chi connectivity index (χ0n) is 18.0. The topological polar surface area (TPSA) is 74.8 Å². The minimum Gasteiger partial charge on any atom is -0.439 e. The fourth-order valence-corrected chi connectivity index (χ4v) is 6.55. The van der Waals surface area contributed by atoms with Crippen LogP contribution in [0.1, 0.15) is 23.3 Å². The van der Waals surface area contributed by atoms with Crippen LogP contribution in [0.3, 0.4) is 0 Å². The number of hydrogen-bond acceptors (Lipinski definition) is 7. The lowest BCUT2D eigenvalue weighted by Gasteiger charge is -2.38.